The topological polar surface area (TPSA) is 42.4 Å². The molecular weight excluding hydrogens is 404 g/mol. The predicted octanol–water partition coefficient (Wildman–Crippen LogP) is 6.03. The number of amides is 1. The van der Waals surface area contributed by atoms with E-state index in [-0.39, 0.29) is 5.91 Å². The van der Waals surface area contributed by atoms with Crippen molar-refractivity contribution in [2.75, 3.05) is 6.61 Å². The van der Waals surface area contributed by atoms with Gasteiger partial charge in [-0.05, 0) is 84.5 Å². The summed E-state index contributed by atoms with van der Waals surface area (Å²) in [5.74, 6) is 1.56. The van der Waals surface area contributed by atoms with Gasteiger partial charge in [-0.25, -0.2) is 0 Å². The lowest BCUT2D eigenvalue weighted by Gasteiger charge is -2.23. The third-order valence-electron chi connectivity index (χ3n) is 5.63. The number of nitrogens with zero attached hydrogens (tertiary/aromatic N) is 2. The number of aromatic nitrogens is 1. The Balaban J connectivity index is 1.43. The first kappa shape index (κ1) is 21.3. The number of carbonyl (C=O) groups excluding carboxylic acids is 1. The maximum Gasteiger partial charge on any atom is 0.264 e. The zero-order valence-corrected chi connectivity index (χ0v) is 18.7. The van der Waals surface area contributed by atoms with E-state index in [0.29, 0.717) is 19.0 Å². The van der Waals surface area contributed by atoms with Gasteiger partial charge in [0.2, 0.25) is 0 Å². The molecule has 1 aliphatic rings. The summed E-state index contributed by atoms with van der Waals surface area (Å²) in [5.41, 5.74) is 3.18. The van der Waals surface area contributed by atoms with E-state index in [0.717, 1.165) is 46.8 Å². The summed E-state index contributed by atoms with van der Waals surface area (Å²) in [5, 5.41) is 1.97. The Morgan fingerprint density at radius 1 is 1.06 bits per heavy atom. The van der Waals surface area contributed by atoms with Gasteiger partial charge in [-0.3, -0.25) is 9.78 Å². The molecule has 1 amide bonds. The fourth-order valence-corrected chi connectivity index (χ4v) is 4.67. The summed E-state index contributed by atoms with van der Waals surface area (Å²) < 4.78 is 6.00. The van der Waals surface area contributed by atoms with Crippen molar-refractivity contribution in [2.45, 2.75) is 39.3 Å². The fraction of sp³-hybridized carbons (Fsp3) is 0.308. The van der Waals surface area contributed by atoms with Crippen molar-refractivity contribution >= 4 is 17.2 Å². The third-order valence-corrected chi connectivity index (χ3v) is 6.63. The van der Waals surface area contributed by atoms with Crippen molar-refractivity contribution in [3.05, 3.63) is 94.0 Å². The second-order valence-electron chi connectivity index (χ2n) is 8.05. The average Bonchev–Trinajstić information content (AvgIpc) is 3.25. The van der Waals surface area contributed by atoms with Crippen LogP contribution < -0.4 is 4.74 Å². The predicted molar refractivity (Wildman–Crippen MR) is 125 cm³/mol. The number of pyridine rings is 1. The molecule has 0 saturated heterocycles. The van der Waals surface area contributed by atoms with Gasteiger partial charge in [0.25, 0.3) is 5.91 Å². The Morgan fingerprint density at radius 3 is 2.45 bits per heavy atom. The summed E-state index contributed by atoms with van der Waals surface area (Å²) >= 11 is 1.50. The quantitative estimate of drug-likeness (QED) is 0.408. The summed E-state index contributed by atoms with van der Waals surface area (Å²) in [6, 6.07) is 14.1. The van der Waals surface area contributed by atoms with Crippen molar-refractivity contribution in [3.63, 3.8) is 0 Å². The minimum absolute atomic E-state index is 0.0648. The first-order valence-corrected chi connectivity index (χ1v) is 11.7. The van der Waals surface area contributed by atoms with Gasteiger partial charge in [0.15, 0.2) is 0 Å². The number of benzene rings is 1. The molecule has 0 fully saturated rings. The summed E-state index contributed by atoms with van der Waals surface area (Å²) in [7, 11) is 0. The summed E-state index contributed by atoms with van der Waals surface area (Å²) in [6.45, 7) is 3.84. The Morgan fingerprint density at radius 2 is 1.81 bits per heavy atom. The molecule has 1 unspecified atom stereocenters. The number of hydrogen-bond donors (Lipinski definition) is 0. The van der Waals surface area contributed by atoms with Crippen LogP contribution in [0.5, 0.6) is 5.75 Å². The molecule has 2 aromatic heterocycles. The minimum atomic E-state index is 0.0648. The average molecular weight is 433 g/mol. The van der Waals surface area contributed by atoms with Crippen molar-refractivity contribution in [1.82, 2.24) is 9.88 Å². The fourth-order valence-electron chi connectivity index (χ4n) is 3.78. The molecule has 5 heteroatoms. The first-order chi connectivity index (χ1) is 15.2. The zero-order valence-electron chi connectivity index (χ0n) is 17.9. The molecule has 0 radical (unpaired) electrons. The van der Waals surface area contributed by atoms with Crippen molar-refractivity contribution in [1.29, 1.82) is 0 Å². The maximum atomic E-state index is 13.3. The standard InChI is InChI=1S/C26H28N2O2S/c1-20-13-16-31-25(20)26(29)28(18-22-11-14-27-15-12-22)17-21-7-9-24(10-8-21)30-19-23-5-3-2-4-6-23/h2-3,7-16,23H,4-6,17-19H2,1H3. The van der Waals surface area contributed by atoms with Gasteiger partial charge < -0.3 is 9.64 Å². The molecule has 0 bridgehead atoms. The molecular formula is C26H28N2O2S. The lowest BCUT2D eigenvalue weighted by atomic mass is 9.95. The molecule has 1 aromatic carbocycles. The largest absolute Gasteiger partial charge is 0.493 e. The molecule has 0 spiro atoms. The molecule has 1 atom stereocenters. The van der Waals surface area contributed by atoms with E-state index >= 15 is 0 Å². The molecule has 160 valence electrons. The van der Waals surface area contributed by atoms with Crippen LogP contribution in [-0.2, 0) is 13.1 Å². The van der Waals surface area contributed by atoms with Crippen LogP contribution in [0.1, 0.15) is 45.6 Å². The zero-order chi connectivity index (χ0) is 21.5. The number of ether oxygens (including phenoxy) is 1. The van der Waals surface area contributed by atoms with E-state index in [1.165, 1.54) is 17.8 Å². The van der Waals surface area contributed by atoms with Crippen molar-refractivity contribution in [2.24, 2.45) is 5.92 Å². The van der Waals surface area contributed by atoms with E-state index < -0.39 is 0 Å². The van der Waals surface area contributed by atoms with Gasteiger partial charge in [-0.15, -0.1) is 11.3 Å². The minimum Gasteiger partial charge on any atom is -0.493 e. The van der Waals surface area contributed by atoms with Crippen molar-refractivity contribution < 1.29 is 9.53 Å². The van der Waals surface area contributed by atoms with Crippen molar-refractivity contribution in [3.8, 4) is 5.75 Å². The van der Waals surface area contributed by atoms with Gasteiger partial charge in [0.05, 0.1) is 11.5 Å². The van der Waals surface area contributed by atoms with Gasteiger partial charge in [0, 0.05) is 25.5 Å². The van der Waals surface area contributed by atoms with Crippen LogP contribution in [0.4, 0.5) is 0 Å². The molecule has 2 heterocycles. The molecule has 1 aliphatic carbocycles. The molecule has 0 aliphatic heterocycles. The molecule has 3 aromatic rings. The molecule has 4 rings (SSSR count). The molecule has 0 N–H and O–H groups in total. The van der Waals surface area contributed by atoms with E-state index in [4.69, 9.17) is 4.74 Å². The van der Waals surface area contributed by atoms with E-state index in [2.05, 4.69) is 29.3 Å². The lowest BCUT2D eigenvalue weighted by Crippen LogP contribution is -2.30. The van der Waals surface area contributed by atoms with Crippen LogP contribution in [0.15, 0.2) is 72.4 Å². The summed E-state index contributed by atoms with van der Waals surface area (Å²) in [6.07, 6.45) is 11.5. The second-order valence-corrected chi connectivity index (χ2v) is 8.97. The molecule has 31 heavy (non-hydrogen) atoms. The van der Waals surface area contributed by atoms with E-state index in [1.54, 1.807) is 12.4 Å². The van der Waals surface area contributed by atoms with Gasteiger partial charge in [-0.2, -0.15) is 0 Å². The number of allylic oxidation sites excluding steroid dienone is 2. The maximum absolute atomic E-state index is 13.3. The third kappa shape index (κ3) is 5.82. The van der Waals surface area contributed by atoms with Crippen LogP contribution in [0.3, 0.4) is 0 Å². The van der Waals surface area contributed by atoms with Crippen LogP contribution in [0.25, 0.3) is 0 Å². The lowest BCUT2D eigenvalue weighted by molar-refractivity contribution is 0.0734. The highest BCUT2D eigenvalue weighted by Gasteiger charge is 2.20. The van der Waals surface area contributed by atoms with Gasteiger partial charge in [0.1, 0.15) is 5.75 Å². The SMILES string of the molecule is Cc1ccsc1C(=O)N(Cc1ccncc1)Cc1ccc(OCC2CC=CCC2)cc1. The second kappa shape index (κ2) is 10.4. The normalized spacial score (nSPS) is 15.6. The Hall–Kier alpha value is -2.92. The highest BCUT2D eigenvalue weighted by atomic mass is 32.1. The van der Waals surface area contributed by atoms with Gasteiger partial charge in [-0.1, -0.05) is 24.3 Å². The number of hydrogen-bond acceptors (Lipinski definition) is 4. The van der Waals surface area contributed by atoms with Crippen LogP contribution in [-0.4, -0.2) is 22.4 Å². The monoisotopic (exact) mass is 432 g/mol. The van der Waals surface area contributed by atoms with Crippen LogP contribution in [0, 0.1) is 12.8 Å². The number of thiophene rings is 1. The van der Waals surface area contributed by atoms with E-state index in [1.807, 2.05) is 47.5 Å². The van der Waals surface area contributed by atoms with E-state index in [9.17, 15) is 4.79 Å². The highest BCUT2D eigenvalue weighted by molar-refractivity contribution is 7.12. The number of carbonyl (C=O) groups is 1. The van der Waals surface area contributed by atoms with Gasteiger partial charge >= 0.3 is 0 Å². The molecule has 4 nitrogen and oxygen atoms in total. The Kier molecular flexibility index (Phi) is 7.15. The number of rotatable bonds is 8. The summed E-state index contributed by atoms with van der Waals surface area (Å²) in [4.78, 5) is 20.1. The van der Waals surface area contributed by atoms with Crippen LogP contribution >= 0.6 is 11.3 Å². The van der Waals surface area contributed by atoms with Crippen LogP contribution in [0.2, 0.25) is 0 Å². The number of aryl methyl sites for hydroxylation is 1. The molecule has 0 saturated carbocycles. The first-order valence-electron chi connectivity index (χ1n) is 10.8. The Labute approximate surface area is 188 Å². The Bertz CT molecular complexity index is 1010. The highest BCUT2D eigenvalue weighted by Crippen LogP contribution is 2.23. The smallest absolute Gasteiger partial charge is 0.264 e.